The Kier molecular flexibility index (Phi) is 7.27. The molecule has 0 saturated heterocycles. The number of ether oxygens (including phenoxy) is 2. The Morgan fingerprint density at radius 1 is 0.659 bits per heavy atom. The first-order valence-corrected chi connectivity index (χ1v) is 15.5. The Bertz CT molecular complexity index is 1800. The molecule has 1 spiro atoms. The number of halogens is 1. The molecule has 5 aromatic carbocycles. The Balaban J connectivity index is 1.43. The van der Waals surface area contributed by atoms with E-state index < -0.39 is 5.60 Å². The summed E-state index contributed by atoms with van der Waals surface area (Å²) >= 11 is 7.13. The van der Waals surface area contributed by atoms with Gasteiger partial charge >= 0.3 is 5.97 Å². The lowest BCUT2D eigenvalue weighted by Crippen LogP contribution is -2.34. The third-order valence-electron chi connectivity index (χ3n) is 8.67. The van der Waals surface area contributed by atoms with Crippen molar-refractivity contribution in [1.29, 1.82) is 0 Å². The van der Waals surface area contributed by atoms with Crippen LogP contribution in [0.3, 0.4) is 0 Å². The molecule has 6 heteroatoms. The number of hydrogen-bond acceptors (Lipinski definition) is 5. The second-order valence-electron chi connectivity index (χ2n) is 11.2. The zero-order chi connectivity index (χ0) is 30.3. The highest BCUT2D eigenvalue weighted by Gasteiger charge is 2.54. The van der Waals surface area contributed by atoms with Gasteiger partial charge in [0.1, 0.15) is 11.5 Å². The number of carbonyl (C=O) groups excluding carboxylic acids is 1. The van der Waals surface area contributed by atoms with E-state index in [2.05, 4.69) is 60.0 Å². The van der Waals surface area contributed by atoms with E-state index in [-0.39, 0.29) is 5.97 Å². The van der Waals surface area contributed by atoms with Crippen molar-refractivity contribution in [3.63, 3.8) is 0 Å². The molecule has 5 aromatic rings. The van der Waals surface area contributed by atoms with Gasteiger partial charge in [-0.15, -0.1) is 0 Å². The molecule has 0 radical (unpaired) electrons. The third-order valence-corrected chi connectivity index (χ3v) is 8.97. The molecule has 5 nitrogen and oxygen atoms in total. The van der Waals surface area contributed by atoms with Crippen molar-refractivity contribution < 1.29 is 14.3 Å². The Labute approximate surface area is 263 Å². The van der Waals surface area contributed by atoms with Gasteiger partial charge in [0.15, 0.2) is 5.60 Å². The summed E-state index contributed by atoms with van der Waals surface area (Å²) in [4.78, 5) is 18.0. The highest BCUT2D eigenvalue weighted by atomic mass is 35.5. The normalized spacial score (nSPS) is 16.0. The molecule has 0 bridgehead atoms. The Morgan fingerprint density at radius 2 is 1.27 bits per heavy atom. The summed E-state index contributed by atoms with van der Waals surface area (Å²) < 4.78 is 13.1. The third kappa shape index (κ3) is 4.68. The highest BCUT2D eigenvalue weighted by Crippen LogP contribution is 2.58. The maximum absolute atomic E-state index is 13.5. The highest BCUT2D eigenvalue weighted by molar-refractivity contribution is 6.33. The smallest absolute Gasteiger partial charge is 0.340 e. The summed E-state index contributed by atoms with van der Waals surface area (Å²) in [6.07, 6.45) is 0. The zero-order valence-electron chi connectivity index (χ0n) is 24.8. The lowest BCUT2D eigenvalue weighted by atomic mass is 9.77. The molecule has 44 heavy (non-hydrogen) atoms. The quantitative estimate of drug-likeness (QED) is 0.166. The Morgan fingerprint density at radius 3 is 1.93 bits per heavy atom. The number of rotatable bonds is 8. The lowest BCUT2D eigenvalue weighted by Gasteiger charge is -2.38. The topological polar surface area (TPSA) is 42.0 Å². The van der Waals surface area contributed by atoms with Crippen molar-refractivity contribution in [1.82, 2.24) is 0 Å². The van der Waals surface area contributed by atoms with Gasteiger partial charge in [0.05, 0.1) is 16.3 Å². The first-order valence-electron chi connectivity index (χ1n) is 15.1. The van der Waals surface area contributed by atoms with Crippen molar-refractivity contribution in [2.24, 2.45) is 0 Å². The predicted molar refractivity (Wildman–Crippen MR) is 176 cm³/mol. The van der Waals surface area contributed by atoms with Crippen LogP contribution in [0.1, 0.15) is 52.0 Å². The number of esters is 1. The zero-order valence-corrected chi connectivity index (χ0v) is 25.6. The molecule has 0 aromatic heterocycles. The Hall–Kier alpha value is -4.74. The number of nitrogens with zero attached hydrogens (tertiary/aromatic N) is 2. The van der Waals surface area contributed by atoms with Gasteiger partial charge in [-0.1, -0.05) is 90.5 Å². The first-order chi connectivity index (χ1) is 21.5. The molecule has 0 amide bonds. The van der Waals surface area contributed by atoms with Crippen LogP contribution < -0.4 is 14.5 Å². The van der Waals surface area contributed by atoms with Crippen molar-refractivity contribution in [3.8, 4) is 11.5 Å². The van der Waals surface area contributed by atoms with Gasteiger partial charge in [0.2, 0.25) is 0 Å². The van der Waals surface area contributed by atoms with Crippen molar-refractivity contribution >= 4 is 28.9 Å². The van der Waals surface area contributed by atoms with E-state index >= 15 is 0 Å². The van der Waals surface area contributed by atoms with Crippen LogP contribution in [-0.4, -0.2) is 19.1 Å². The summed E-state index contributed by atoms with van der Waals surface area (Å²) in [5.41, 5.74) is 5.94. The van der Waals surface area contributed by atoms with Gasteiger partial charge in [-0.25, -0.2) is 4.79 Å². The van der Waals surface area contributed by atoms with Crippen LogP contribution in [0.5, 0.6) is 11.5 Å². The summed E-state index contributed by atoms with van der Waals surface area (Å²) in [6, 6.07) is 38.5. The molecule has 0 fully saturated rings. The number of fused-ring (bicyclic) bond motifs is 6. The van der Waals surface area contributed by atoms with Crippen LogP contribution in [-0.2, 0) is 23.4 Å². The minimum absolute atomic E-state index is 0.353. The standard InChI is InChI=1S/C38H33ClN2O3/c1-3-40(4-2)28-19-20-31-35(21-28)43-36-23-33(39)34(22-32(36)38(31)30-18-12-11-17-29(30)37(42)44-38)41(24-26-13-7-5-8-14-26)25-27-15-9-6-10-16-27/h5-23H,3-4,24-25H2,1-2H3. The van der Waals surface area contributed by atoms with Crippen LogP contribution in [0.25, 0.3) is 0 Å². The molecule has 2 aliphatic rings. The van der Waals surface area contributed by atoms with Crippen LogP contribution in [0.2, 0.25) is 5.02 Å². The number of carbonyl (C=O) groups is 1. The summed E-state index contributed by atoms with van der Waals surface area (Å²) in [5.74, 6) is 0.876. The molecule has 220 valence electrons. The molecule has 0 N–H and O–H groups in total. The number of hydrogen-bond donors (Lipinski definition) is 0. The van der Waals surface area contributed by atoms with Crippen LogP contribution in [0.4, 0.5) is 11.4 Å². The van der Waals surface area contributed by atoms with Crippen LogP contribution in [0.15, 0.2) is 115 Å². The van der Waals surface area contributed by atoms with E-state index in [0.717, 1.165) is 52.3 Å². The average Bonchev–Trinajstić information content (AvgIpc) is 3.34. The maximum Gasteiger partial charge on any atom is 0.340 e. The van der Waals surface area contributed by atoms with Crippen molar-refractivity contribution in [3.05, 3.63) is 154 Å². The molecule has 2 heterocycles. The average molecular weight is 601 g/mol. The van der Waals surface area contributed by atoms with Crippen LogP contribution in [0, 0.1) is 0 Å². The molecule has 0 aliphatic carbocycles. The van der Waals surface area contributed by atoms with E-state index in [1.807, 2.05) is 78.9 Å². The lowest BCUT2D eigenvalue weighted by molar-refractivity contribution is 0.0224. The fourth-order valence-electron chi connectivity index (χ4n) is 6.53. The molecular formula is C38H33ClN2O3. The van der Waals surface area contributed by atoms with Gasteiger partial charge in [0.25, 0.3) is 0 Å². The SMILES string of the molecule is CCN(CC)c1ccc2c(c1)Oc1cc(Cl)c(N(Cc3ccccc3)Cc3ccccc3)cc1C21OC(=O)c2ccccc21. The summed E-state index contributed by atoms with van der Waals surface area (Å²) in [5, 5.41) is 0.562. The minimum Gasteiger partial charge on any atom is -0.456 e. The minimum atomic E-state index is -1.18. The molecule has 2 aliphatic heterocycles. The molecule has 1 atom stereocenters. The van der Waals surface area contributed by atoms with E-state index in [4.69, 9.17) is 21.1 Å². The second-order valence-corrected chi connectivity index (χ2v) is 11.6. The van der Waals surface area contributed by atoms with Gasteiger partial charge in [0, 0.05) is 60.7 Å². The fourth-order valence-corrected chi connectivity index (χ4v) is 6.81. The monoisotopic (exact) mass is 600 g/mol. The van der Waals surface area contributed by atoms with Crippen molar-refractivity contribution in [2.45, 2.75) is 32.5 Å². The summed E-state index contributed by atoms with van der Waals surface area (Å²) in [6.45, 7) is 7.27. The van der Waals surface area contributed by atoms with E-state index in [0.29, 0.717) is 35.2 Å². The maximum atomic E-state index is 13.5. The van der Waals surface area contributed by atoms with E-state index in [1.54, 1.807) is 0 Å². The van der Waals surface area contributed by atoms with Crippen molar-refractivity contribution in [2.75, 3.05) is 22.9 Å². The first kappa shape index (κ1) is 28.1. The summed E-state index contributed by atoms with van der Waals surface area (Å²) in [7, 11) is 0. The number of anilines is 2. The van der Waals surface area contributed by atoms with E-state index in [1.165, 1.54) is 0 Å². The van der Waals surface area contributed by atoms with Gasteiger partial charge < -0.3 is 19.3 Å². The second kappa shape index (κ2) is 11.4. The molecular weight excluding hydrogens is 568 g/mol. The van der Waals surface area contributed by atoms with Gasteiger partial charge in [-0.2, -0.15) is 0 Å². The molecule has 0 saturated carbocycles. The fraction of sp³-hybridized carbons (Fsp3) is 0.184. The van der Waals surface area contributed by atoms with Gasteiger partial charge in [-0.3, -0.25) is 0 Å². The van der Waals surface area contributed by atoms with Gasteiger partial charge in [-0.05, 0) is 49.2 Å². The largest absolute Gasteiger partial charge is 0.456 e. The number of benzene rings is 5. The predicted octanol–water partition coefficient (Wildman–Crippen LogP) is 8.96. The molecule has 1 unspecified atom stereocenters. The van der Waals surface area contributed by atoms with E-state index in [9.17, 15) is 4.79 Å². The van der Waals surface area contributed by atoms with Crippen LogP contribution >= 0.6 is 11.6 Å². The molecule has 7 rings (SSSR count).